The number of hydrogen-bond acceptors (Lipinski definition) is 0. The minimum absolute atomic E-state index is 1.36. The Hall–Kier alpha value is -0.545. The third-order valence-corrected chi connectivity index (χ3v) is 2.73. The van der Waals surface area contributed by atoms with E-state index in [4.69, 9.17) is 0 Å². The molecule has 88 valence electrons. The molecule has 0 saturated heterocycles. The largest absolute Gasteiger partial charge is 0.673 e. The summed E-state index contributed by atoms with van der Waals surface area (Å²) in [6.07, 6.45) is 8.57. The Kier molecular flexibility index (Phi) is 4.60. The van der Waals surface area contributed by atoms with Crippen LogP contribution in [0.2, 0.25) is 0 Å². The van der Waals surface area contributed by atoms with Gasteiger partial charge in [0.1, 0.15) is 13.1 Å². The first-order valence-corrected chi connectivity index (χ1v) is 5.44. The highest BCUT2D eigenvalue weighted by molar-refractivity contribution is 6.50. The van der Waals surface area contributed by atoms with Crippen LogP contribution in [0.1, 0.15) is 38.5 Å². The molecule has 2 aliphatic rings. The van der Waals surface area contributed by atoms with Crippen molar-refractivity contribution in [2.45, 2.75) is 38.5 Å². The Morgan fingerprint density at radius 2 is 1.20 bits per heavy atom. The van der Waals surface area contributed by atoms with Gasteiger partial charge in [-0.2, -0.15) is 0 Å². The molecule has 0 atom stereocenters. The predicted octanol–water partition coefficient (Wildman–Crippen LogP) is 3.11. The van der Waals surface area contributed by atoms with Crippen LogP contribution in [0.4, 0.5) is 17.3 Å². The lowest BCUT2D eigenvalue weighted by Gasteiger charge is -2.18. The van der Waals surface area contributed by atoms with Gasteiger partial charge in [0.2, 0.25) is 0 Å². The average Bonchev–Trinajstić information content (AvgIpc) is 2.16. The summed E-state index contributed by atoms with van der Waals surface area (Å²) < 4.78 is 41.6. The van der Waals surface area contributed by atoms with E-state index < -0.39 is 7.25 Å². The van der Waals surface area contributed by atoms with Crippen LogP contribution < -0.4 is 0 Å². The standard InChI is InChI=1S/C9H16N.BF4/c1-3-7-10-8-4-2-6-9(10)5-1;2-1(3,4)5/h1-8H2;/q+1;-1. The molecule has 0 fully saturated rings. The molecule has 6 heteroatoms. The van der Waals surface area contributed by atoms with Crippen molar-refractivity contribution in [1.29, 1.82) is 0 Å². The van der Waals surface area contributed by atoms with Gasteiger partial charge in [-0.25, -0.2) is 4.58 Å². The molecule has 2 rings (SSSR count). The molecule has 0 saturated carbocycles. The summed E-state index contributed by atoms with van der Waals surface area (Å²) in [5, 5.41) is 0. The van der Waals surface area contributed by atoms with Crippen molar-refractivity contribution in [2.75, 3.05) is 13.1 Å². The lowest BCUT2D eigenvalue weighted by Crippen LogP contribution is -2.30. The van der Waals surface area contributed by atoms with Gasteiger partial charge in [-0.15, -0.1) is 0 Å². The van der Waals surface area contributed by atoms with E-state index in [-0.39, 0.29) is 0 Å². The molecule has 15 heavy (non-hydrogen) atoms. The van der Waals surface area contributed by atoms with Crippen molar-refractivity contribution in [1.82, 2.24) is 0 Å². The van der Waals surface area contributed by atoms with E-state index in [9.17, 15) is 17.3 Å². The van der Waals surface area contributed by atoms with E-state index in [1.165, 1.54) is 51.6 Å². The molecule has 1 nitrogen and oxygen atoms in total. The second-order valence-corrected chi connectivity index (χ2v) is 3.96. The lowest BCUT2D eigenvalue weighted by atomic mass is 9.99. The maximum Gasteiger partial charge on any atom is 0.673 e. The molecule has 0 amide bonds. The first-order chi connectivity index (χ1) is 6.97. The van der Waals surface area contributed by atoms with E-state index >= 15 is 0 Å². The topological polar surface area (TPSA) is 3.01 Å². The second kappa shape index (κ2) is 5.51. The minimum atomic E-state index is -6.00. The maximum atomic E-state index is 9.75. The van der Waals surface area contributed by atoms with Gasteiger partial charge in [0.05, 0.1) is 0 Å². The van der Waals surface area contributed by atoms with Crippen molar-refractivity contribution in [3.05, 3.63) is 0 Å². The van der Waals surface area contributed by atoms with E-state index in [0.29, 0.717) is 0 Å². The lowest BCUT2D eigenvalue weighted by molar-refractivity contribution is -0.538. The van der Waals surface area contributed by atoms with E-state index in [1.807, 2.05) is 0 Å². The Morgan fingerprint density at radius 1 is 0.800 bits per heavy atom. The summed E-state index contributed by atoms with van der Waals surface area (Å²) in [7, 11) is -6.00. The Balaban J connectivity index is 0.000000195. The van der Waals surface area contributed by atoms with Crippen LogP contribution in [0.15, 0.2) is 0 Å². The summed E-state index contributed by atoms with van der Waals surface area (Å²) in [6.45, 7) is 2.71. The molecule has 0 radical (unpaired) electrons. The fourth-order valence-corrected chi connectivity index (χ4v) is 2.13. The van der Waals surface area contributed by atoms with Gasteiger partial charge < -0.3 is 17.3 Å². The highest BCUT2D eigenvalue weighted by Crippen LogP contribution is 2.15. The molecule has 0 aliphatic carbocycles. The molecule has 0 N–H and O–H groups in total. The minimum Gasteiger partial charge on any atom is -0.418 e. The highest BCUT2D eigenvalue weighted by Gasteiger charge is 2.22. The van der Waals surface area contributed by atoms with Crippen molar-refractivity contribution < 1.29 is 21.8 Å². The number of hydrogen-bond donors (Lipinski definition) is 0. The van der Waals surface area contributed by atoms with Crippen molar-refractivity contribution in [3.63, 3.8) is 0 Å². The fraction of sp³-hybridized carbons (Fsp3) is 0.889. The number of halogens is 4. The normalized spacial score (nSPS) is 21.6. The molecule has 0 aromatic rings. The predicted molar refractivity (Wildman–Crippen MR) is 52.9 cm³/mol. The molecule has 0 bridgehead atoms. The monoisotopic (exact) mass is 225 g/mol. The summed E-state index contributed by atoms with van der Waals surface area (Å²) in [4.78, 5) is 0. The van der Waals surface area contributed by atoms with Gasteiger partial charge in [-0.1, -0.05) is 0 Å². The number of rotatable bonds is 0. The SMILES string of the molecule is C1CC[N+]2=C(C1)CCCC2.F[B-](F)(F)F. The molecule has 0 aromatic carbocycles. The third kappa shape index (κ3) is 5.79. The van der Waals surface area contributed by atoms with Gasteiger partial charge in [0.15, 0.2) is 5.71 Å². The van der Waals surface area contributed by atoms with Crippen LogP contribution in [0.25, 0.3) is 0 Å². The fourth-order valence-electron chi connectivity index (χ4n) is 2.13. The van der Waals surface area contributed by atoms with Gasteiger partial charge in [0.25, 0.3) is 0 Å². The molecule has 2 heterocycles. The first kappa shape index (κ1) is 12.5. The summed E-state index contributed by atoms with van der Waals surface area (Å²) in [5.41, 5.74) is 1.76. The highest BCUT2D eigenvalue weighted by atomic mass is 19.5. The van der Waals surface area contributed by atoms with Crippen LogP contribution in [0.5, 0.6) is 0 Å². The molecular weight excluding hydrogens is 209 g/mol. The van der Waals surface area contributed by atoms with Gasteiger partial charge in [-0.3, -0.25) is 0 Å². The Labute approximate surface area is 87.3 Å². The Bertz CT molecular complexity index is 197. The molecule has 0 spiro atoms. The Morgan fingerprint density at radius 3 is 1.53 bits per heavy atom. The molecular formula is C9H16BF4N. The molecule has 2 aliphatic heterocycles. The summed E-state index contributed by atoms with van der Waals surface area (Å²) >= 11 is 0. The van der Waals surface area contributed by atoms with Gasteiger partial charge in [0, 0.05) is 25.7 Å². The van der Waals surface area contributed by atoms with Crippen molar-refractivity contribution >= 4 is 13.0 Å². The van der Waals surface area contributed by atoms with Crippen LogP contribution >= 0.6 is 0 Å². The number of nitrogens with zero attached hydrogens (tertiary/aromatic N) is 1. The quantitative estimate of drug-likeness (QED) is 0.338. The zero-order chi connectivity index (χ0) is 11.3. The summed E-state index contributed by atoms with van der Waals surface area (Å²) in [6, 6.07) is 0. The average molecular weight is 225 g/mol. The molecule has 0 aromatic heterocycles. The zero-order valence-electron chi connectivity index (χ0n) is 8.69. The smallest absolute Gasteiger partial charge is 0.418 e. The second-order valence-electron chi connectivity index (χ2n) is 3.96. The van der Waals surface area contributed by atoms with Crippen LogP contribution in [-0.4, -0.2) is 30.6 Å². The molecule has 0 unspecified atom stereocenters. The van der Waals surface area contributed by atoms with Gasteiger partial charge in [-0.05, 0) is 12.8 Å². The van der Waals surface area contributed by atoms with Crippen LogP contribution in [-0.2, 0) is 0 Å². The van der Waals surface area contributed by atoms with Crippen LogP contribution in [0, 0.1) is 0 Å². The van der Waals surface area contributed by atoms with E-state index in [0.717, 1.165) is 0 Å². The van der Waals surface area contributed by atoms with Crippen molar-refractivity contribution in [2.24, 2.45) is 0 Å². The summed E-state index contributed by atoms with van der Waals surface area (Å²) in [5.74, 6) is 0. The first-order valence-electron chi connectivity index (χ1n) is 5.44. The van der Waals surface area contributed by atoms with Crippen molar-refractivity contribution in [3.8, 4) is 0 Å². The zero-order valence-corrected chi connectivity index (χ0v) is 8.69. The van der Waals surface area contributed by atoms with Crippen LogP contribution in [0.3, 0.4) is 0 Å². The maximum absolute atomic E-state index is 9.75. The van der Waals surface area contributed by atoms with Gasteiger partial charge >= 0.3 is 7.25 Å². The van der Waals surface area contributed by atoms with E-state index in [2.05, 4.69) is 4.58 Å². The van der Waals surface area contributed by atoms with E-state index in [1.54, 1.807) is 5.71 Å². The third-order valence-electron chi connectivity index (χ3n) is 2.73.